The molecule has 0 aromatic rings. The highest BCUT2D eigenvalue weighted by Gasteiger charge is 2.20. The molecule has 0 aromatic heterocycles. The SMILES string of the molecule is CCCC/C=C\C/C=C\CCCCCCCC(=O)OCCCCCCCCCCCCCC/C=C\CCCCCCCCCCCCCCCCCCC(=O)NC(CO)C(O)CCCCCCCCCCCCCCC. The van der Waals surface area contributed by atoms with Crippen molar-refractivity contribution in [1.82, 2.24) is 5.32 Å². The summed E-state index contributed by atoms with van der Waals surface area (Å²) in [5, 5.41) is 23.3. The van der Waals surface area contributed by atoms with Gasteiger partial charge in [0.1, 0.15) is 0 Å². The third kappa shape index (κ3) is 61.3. The minimum absolute atomic E-state index is 0.00367. The van der Waals surface area contributed by atoms with Gasteiger partial charge in [-0.05, 0) is 77.0 Å². The van der Waals surface area contributed by atoms with Gasteiger partial charge in [0.2, 0.25) is 5.91 Å². The third-order valence-corrected chi connectivity index (χ3v) is 15.9. The van der Waals surface area contributed by atoms with E-state index >= 15 is 0 Å². The van der Waals surface area contributed by atoms with E-state index in [0.717, 1.165) is 51.4 Å². The van der Waals surface area contributed by atoms with Gasteiger partial charge in [0.05, 0.1) is 25.4 Å². The van der Waals surface area contributed by atoms with E-state index in [-0.39, 0.29) is 18.5 Å². The number of allylic oxidation sites excluding steroid dienone is 6. The van der Waals surface area contributed by atoms with Gasteiger partial charge >= 0.3 is 5.97 Å². The van der Waals surface area contributed by atoms with Crippen LogP contribution in [0.25, 0.3) is 0 Å². The number of aliphatic hydroxyl groups excluding tert-OH is 2. The van der Waals surface area contributed by atoms with Gasteiger partial charge < -0.3 is 20.3 Å². The van der Waals surface area contributed by atoms with Crippen molar-refractivity contribution in [3.8, 4) is 0 Å². The van der Waals surface area contributed by atoms with E-state index in [1.54, 1.807) is 0 Å². The van der Waals surface area contributed by atoms with Gasteiger partial charge in [0.25, 0.3) is 0 Å². The molecule has 0 bridgehead atoms. The first-order valence-corrected chi connectivity index (χ1v) is 34.2. The summed E-state index contributed by atoms with van der Waals surface area (Å²) in [7, 11) is 0. The molecular weight excluding hydrogens is 935 g/mol. The number of ether oxygens (including phenoxy) is 1. The molecule has 6 heteroatoms. The van der Waals surface area contributed by atoms with Crippen LogP contribution in [-0.2, 0) is 14.3 Å². The molecule has 1 amide bonds. The van der Waals surface area contributed by atoms with E-state index in [4.69, 9.17) is 4.74 Å². The number of carbonyl (C=O) groups is 2. The average Bonchev–Trinajstić information content (AvgIpc) is 3.42. The fraction of sp³-hybridized carbons (Fsp3) is 0.886. The number of hydrogen-bond donors (Lipinski definition) is 3. The van der Waals surface area contributed by atoms with Gasteiger partial charge in [-0.15, -0.1) is 0 Å². The molecule has 0 aliphatic rings. The highest BCUT2D eigenvalue weighted by Crippen LogP contribution is 2.18. The monoisotopic (exact) mass is 1070 g/mol. The van der Waals surface area contributed by atoms with Gasteiger partial charge in [-0.3, -0.25) is 9.59 Å². The molecule has 0 aliphatic carbocycles. The van der Waals surface area contributed by atoms with Crippen molar-refractivity contribution in [2.75, 3.05) is 13.2 Å². The maximum Gasteiger partial charge on any atom is 0.305 e. The maximum atomic E-state index is 12.5. The fourth-order valence-corrected chi connectivity index (χ4v) is 10.7. The van der Waals surface area contributed by atoms with Crippen LogP contribution in [0.4, 0.5) is 0 Å². The summed E-state index contributed by atoms with van der Waals surface area (Å²) in [5.41, 5.74) is 0. The molecule has 0 rings (SSSR count). The Morgan fingerprint density at radius 1 is 0.368 bits per heavy atom. The summed E-state index contributed by atoms with van der Waals surface area (Å²) in [6.45, 7) is 4.93. The molecular formula is C70H133NO5. The summed E-state index contributed by atoms with van der Waals surface area (Å²) in [6.07, 6.45) is 83.4. The molecule has 0 saturated carbocycles. The molecule has 6 nitrogen and oxygen atoms in total. The zero-order valence-corrected chi connectivity index (χ0v) is 51.3. The van der Waals surface area contributed by atoms with E-state index in [1.165, 1.54) is 289 Å². The predicted molar refractivity (Wildman–Crippen MR) is 333 cm³/mol. The largest absolute Gasteiger partial charge is 0.466 e. The minimum Gasteiger partial charge on any atom is -0.466 e. The molecule has 0 spiro atoms. The first-order chi connectivity index (χ1) is 37.5. The van der Waals surface area contributed by atoms with Crippen LogP contribution in [0.3, 0.4) is 0 Å². The number of nitrogens with one attached hydrogen (secondary N) is 1. The van der Waals surface area contributed by atoms with E-state index in [0.29, 0.717) is 25.9 Å². The van der Waals surface area contributed by atoms with Crippen molar-refractivity contribution < 1.29 is 24.5 Å². The second-order valence-corrected chi connectivity index (χ2v) is 23.5. The normalized spacial score (nSPS) is 12.7. The topological polar surface area (TPSA) is 95.9 Å². The van der Waals surface area contributed by atoms with Crippen LogP contribution in [0, 0.1) is 0 Å². The number of esters is 1. The molecule has 0 aliphatic heterocycles. The van der Waals surface area contributed by atoms with Gasteiger partial charge in [0, 0.05) is 12.8 Å². The summed E-state index contributed by atoms with van der Waals surface area (Å²) in [6, 6.07) is -0.539. The molecule has 76 heavy (non-hydrogen) atoms. The average molecular weight is 1070 g/mol. The number of amides is 1. The number of unbranched alkanes of at least 4 members (excludes halogenated alkanes) is 47. The summed E-state index contributed by atoms with van der Waals surface area (Å²) in [5.74, 6) is -0.0272. The second kappa shape index (κ2) is 65.6. The Morgan fingerprint density at radius 2 is 0.671 bits per heavy atom. The maximum absolute atomic E-state index is 12.5. The van der Waals surface area contributed by atoms with Crippen molar-refractivity contribution in [2.24, 2.45) is 0 Å². The first-order valence-electron chi connectivity index (χ1n) is 34.2. The zero-order chi connectivity index (χ0) is 55.0. The number of carbonyl (C=O) groups excluding carboxylic acids is 2. The van der Waals surface area contributed by atoms with Crippen LogP contribution in [-0.4, -0.2) is 47.4 Å². The summed E-state index contributed by atoms with van der Waals surface area (Å²) in [4.78, 5) is 24.5. The van der Waals surface area contributed by atoms with Crippen LogP contribution < -0.4 is 5.32 Å². The standard InChI is InChI=1S/C70H133NO5/c1-3-5-7-9-11-13-15-17-40-44-48-52-56-60-64-70(75)76-65-61-57-53-49-45-41-37-35-33-31-29-27-25-23-21-19-18-20-22-24-26-28-30-32-34-36-39-43-47-51-55-59-63-69(74)71-67(66-72)68(73)62-58-54-50-46-42-38-16-14-12-10-8-6-4-2/h9,11,15,17,21,23,67-68,72-73H,3-8,10,12-14,16,18-20,22,24-66H2,1-2H3,(H,71,74)/b11-9-,17-15-,23-21-. The van der Waals surface area contributed by atoms with E-state index in [2.05, 4.69) is 55.6 Å². The Bertz CT molecular complexity index is 1230. The van der Waals surface area contributed by atoms with Crippen LogP contribution in [0.5, 0.6) is 0 Å². The lowest BCUT2D eigenvalue weighted by Gasteiger charge is -2.22. The van der Waals surface area contributed by atoms with Crippen molar-refractivity contribution in [1.29, 1.82) is 0 Å². The smallest absolute Gasteiger partial charge is 0.305 e. The Hall–Kier alpha value is -1.92. The lowest BCUT2D eigenvalue weighted by molar-refractivity contribution is -0.143. The number of aliphatic hydroxyl groups is 2. The van der Waals surface area contributed by atoms with Crippen molar-refractivity contribution >= 4 is 11.9 Å². The van der Waals surface area contributed by atoms with E-state index < -0.39 is 12.1 Å². The van der Waals surface area contributed by atoms with Crippen LogP contribution >= 0.6 is 0 Å². The molecule has 3 N–H and O–H groups in total. The van der Waals surface area contributed by atoms with Crippen LogP contribution in [0.1, 0.15) is 373 Å². The predicted octanol–water partition coefficient (Wildman–Crippen LogP) is 21.9. The highest BCUT2D eigenvalue weighted by atomic mass is 16.5. The van der Waals surface area contributed by atoms with E-state index in [1.807, 2.05) is 0 Å². The van der Waals surface area contributed by atoms with Crippen molar-refractivity contribution in [3.63, 3.8) is 0 Å². The Morgan fingerprint density at radius 3 is 1.05 bits per heavy atom. The lowest BCUT2D eigenvalue weighted by Crippen LogP contribution is -2.45. The molecule has 0 radical (unpaired) electrons. The summed E-state index contributed by atoms with van der Waals surface area (Å²) >= 11 is 0. The van der Waals surface area contributed by atoms with Crippen LogP contribution in [0.15, 0.2) is 36.5 Å². The fourth-order valence-electron chi connectivity index (χ4n) is 10.7. The van der Waals surface area contributed by atoms with Crippen molar-refractivity contribution in [3.05, 3.63) is 36.5 Å². The van der Waals surface area contributed by atoms with Gasteiger partial charge in [-0.1, -0.05) is 320 Å². The molecule has 0 heterocycles. The second-order valence-electron chi connectivity index (χ2n) is 23.5. The van der Waals surface area contributed by atoms with E-state index in [9.17, 15) is 19.8 Å². The first kappa shape index (κ1) is 74.1. The number of rotatable bonds is 64. The third-order valence-electron chi connectivity index (χ3n) is 15.9. The molecule has 2 atom stereocenters. The Balaban J connectivity index is 3.34. The quantitative estimate of drug-likeness (QED) is 0.0320. The van der Waals surface area contributed by atoms with Gasteiger partial charge in [0.15, 0.2) is 0 Å². The lowest BCUT2D eigenvalue weighted by atomic mass is 10.0. The Labute approximate surface area is 474 Å². The van der Waals surface area contributed by atoms with Crippen molar-refractivity contribution in [2.45, 2.75) is 386 Å². The molecule has 2 unspecified atom stereocenters. The summed E-state index contributed by atoms with van der Waals surface area (Å²) < 4.78 is 5.48. The van der Waals surface area contributed by atoms with Crippen LogP contribution in [0.2, 0.25) is 0 Å². The zero-order valence-electron chi connectivity index (χ0n) is 51.3. The molecule has 448 valence electrons. The minimum atomic E-state index is -0.661. The molecule has 0 fully saturated rings. The highest BCUT2D eigenvalue weighted by molar-refractivity contribution is 5.76. The Kier molecular flexibility index (Phi) is 63.9. The van der Waals surface area contributed by atoms with Gasteiger partial charge in [-0.25, -0.2) is 0 Å². The molecule has 0 saturated heterocycles. The number of hydrogen-bond acceptors (Lipinski definition) is 5. The van der Waals surface area contributed by atoms with Gasteiger partial charge in [-0.2, -0.15) is 0 Å². The molecule has 0 aromatic carbocycles.